The van der Waals surface area contributed by atoms with Crippen molar-refractivity contribution in [1.29, 1.82) is 0 Å². The molecular weight excluding hydrogens is 553 g/mol. The van der Waals surface area contributed by atoms with Gasteiger partial charge in [-0.05, 0) is 64.2 Å². The summed E-state index contributed by atoms with van der Waals surface area (Å²) in [5, 5.41) is 5.10. The molecule has 2 nitrogen and oxygen atoms in total. The van der Waals surface area contributed by atoms with E-state index in [2.05, 4.69) is 155 Å². The highest BCUT2D eigenvalue weighted by atomic mass is 32.1. The number of fused-ring (bicyclic) bond motifs is 6. The molecule has 0 saturated carbocycles. The van der Waals surface area contributed by atoms with Crippen molar-refractivity contribution in [1.82, 2.24) is 9.55 Å². The summed E-state index contributed by atoms with van der Waals surface area (Å²) in [6.07, 6.45) is 3.87. The predicted molar refractivity (Wildman–Crippen MR) is 188 cm³/mol. The van der Waals surface area contributed by atoms with Crippen LogP contribution in [-0.4, -0.2) is 9.55 Å². The highest BCUT2D eigenvalue weighted by molar-refractivity contribution is 7.26. The molecule has 0 radical (unpaired) electrons. The fourth-order valence-corrected chi connectivity index (χ4v) is 7.87. The van der Waals surface area contributed by atoms with Gasteiger partial charge in [0, 0.05) is 44.2 Å². The quantitative estimate of drug-likeness (QED) is 0.203. The first-order valence-corrected chi connectivity index (χ1v) is 15.7. The summed E-state index contributed by atoms with van der Waals surface area (Å²) in [4.78, 5) is 4.49. The monoisotopic (exact) mass is 578 g/mol. The van der Waals surface area contributed by atoms with Crippen molar-refractivity contribution in [3.8, 4) is 39.1 Å². The second-order valence-corrected chi connectivity index (χ2v) is 12.3. The number of pyridine rings is 1. The summed E-state index contributed by atoms with van der Waals surface area (Å²) in [5.74, 6) is 0. The third kappa shape index (κ3) is 3.90. The van der Waals surface area contributed by atoms with Crippen LogP contribution in [0.5, 0.6) is 0 Å². The lowest BCUT2D eigenvalue weighted by atomic mass is 9.95. The van der Waals surface area contributed by atoms with Crippen LogP contribution < -0.4 is 0 Å². The first-order chi connectivity index (χ1) is 21.8. The van der Waals surface area contributed by atoms with Crippen LogP contribution in [0.1, 0.15) is 0 Å². The maximum absolute atomic E-state index is 4.49. The van der Waals surface area contributed by atoms with Crippen LogP contribution in [-0.2, 0) is 0 Å². The number of hydrogen-bond donors (Lipinski definition) is 0. The van der Waals surface area contributed by atoms with Gasteiger partial charge >= 0.3 is 0 Å². The molecule has 3 aromatic heterocycles. The molecule has 3 heteroatoms. The normalized spacial score (nSPS) is 11.6. The standard InChI is InChI=1S/C41H26N2S/c1-3-10-27(11-4-1)29-18-20-32-35-24-30(31-22-23-42-26-36(31)28-12-5-2-6-13-28)19-21-37(35)43(39(32)25-29)38-16-9-15-34-33-14-7-8-17-40(33)44-41(34)38/h1-26H. The van der Waals surface area contributed by atoms with Gasteiger partial charge in [-0.1, -0.05) is 109 Å². The molecule has 0 bridgehead atoms. The van der Waals surface area contributed by atoms with Gasteiger partial charge in [0.1, 0.15) is 0 Å². The molecule has 44 heavy (non-hydrogen) atoms. The van der Waals surface area contributed by atoms with Crippen LogP contribution in [0.2, 0.25) is 0 Å². The Morgan fingerprint density at radius 2 is 1.20 bits per heavy atom. The third-order valence-corrected chi connectivity index (χ3v) is 9.92. The van der Waals surface area contributed by atoms with Crippen molar-refractivity contribution < 1.29 is 0 Å². The zero-order valence-corrected chi connectivity index (χ0v) is 24.6. The number of benzene rings is 6. The molecule has 9 rings (SSSR count). The van der Waals surface area contributed by atoms with Crippen molar-refractivity contribution >= 4 is 53.3 Å². The molecule has 206 valence electrons. The molecule has 0 aliphatic carbocycles. The summed E-state index contributed by atoms with van der Waals surface area (Å²) in [6.45, 7) is 0. The minimum absolute atomic E-state index is 1.14. The van der Waals surface area contributed by atoms with Crippen molar-refractivity contribution in [3.63, 3.8) is 0 Å². The van der Waals surface area contributed by atoms with Gasteiger partial charge in [0.05, 0.1) is 21.4 Å². The Morgan fingerprint density at radius 3 is 2.07 bits per heavy atom. The van der Waals surface area contributed by atoms with Gasteiger partial charge in [0.2, 0.25) is 0 Å². The molecular formula is C41H26N2S. The Hall–Kier alpha value is -5.51. The van der Waals surface area contributed by atoms with Crippen LogP contribution in [0.15, 0.2) is 158 Å². The van der Waals surface area contributed by atoms with Crippen molar-refractivity contribution in [2.45, 2.75) is 0 Å². The summed E-state index contributed by atoms with van der Waals surface area (Å²) in [5.41, 5.74) is 10.7. The van der Waals surface area contributed by atoms with E-state index >= 15 is 0 Å². The second-order valence-electron chi connectivity index (χ2n) is 11.2. The molecule has 0 N–H and O–H groups in total. The zero-order valence-electron chi connectivity index (χ0n) is 23.8. The predicted octanol–water partition coefficient (Wildman–Crippen LogP) is 11.5. The third-order valence-electron chi connectivity index (χ3n) is 8.71. The highest BCUT2D eigenvalue weighted by Gasteiger charge is 2.18. The summed E-state index contributed by atoms with van der Waals surface area (Å²) < 4.78 is 5.10. The Labute approximate surface area is 259 Å². The van der Waals surface area contributed by atoms with E-state index in [9.17, 15) is 0 Å². The first-order valence-electron chi connectivity index (χ1n) is 14.9. The van der Waals surface area contributed by atoms with Gasteiger partial charge in [-0.25, -0.2) is 0 Å². The molecule has 0 saturated heterocycles. The zero-order chi connectivity index (χ0) is 29.0. The van der Waals surface area contributed by atoms with Crippen LogP contribution in [0.3, 0.4) is 0 Å². The van der Waals surface area contributed by atoms with Gasteiger partial charge < -0.3 is 4.57 Å². The van der Waals surface area contributed by atoms with E-state index in [4.69, 9.17) is 0 Å². The first kappa shape index (κ1) is 25.0. The van der Waals surface area contributed by atoms with Gasteiger partial charge in [-0.2, -0.15) is 0 Å². The molecule has 0 fully saturated rings. The lowest BCUT2D eigenvalue weighted by Gasteiger charge is -2.12. The van der Waals surface area contributed by atoms with E-state index < -0.39 is 0 Å². The highest BCUT2D eigenvalue weighted by Crippen LogP contribution is 2.43. The summed E-state index contributed by atoms with van der Waals surface area (Å²) in [7, 11) is 0. The van der Waals surface area contributed by atoms with Crippen molar-refractivity contribution in [2.75, 3.05) is 0 Å². The average Bonchev–Trinajstić information content (AvgIpc) is 3.64. The number of aromatic nitrogens is 2. The molecule has 0 spiro atoms. The number of nitrogens with zero attached hydrogens (tertiary/aromatic N) is 2. The minimum Gasteiger partial charge on any atom is -0.308 e. The number of thiophene rings is 1. The molecule has 0 unspecified atom stereocenters. The van der Waals surface area contributed by atoms with E-state index in [1.807, 2.05) is 23.7 Å². The van der Waals surface area contributed by atoms with Crippen molar-refractivity contribution in [3.05, 3.63) is 158 Å². The van der Waals surface area contributed by atoms with E-state index in [1.165, 1.54) is 75.5 Å². The molecule has 9 aromatic rings. The lowest BCUT2D eigenvalue weighted by molar-refractivity contribution is 1.20. The fourth-order valence-electron chi connectivity index (χ4n) is 6.66. The number of rotatable bonds is 4. The van der Waals surface area contributed by atoms with Gasteiger partial charge in [0.25, 0.3) is 0 Å². The van der Waals surface area contributed by atoms with Crippen LogP contribution in [0.4, 0.5) is 0 Å². The van der Waals surface area contributed by atoms with Gasteiger partial charge in [-0.3, -0.25) is 4.98 Å². The van der Waals surface area contributed by atoms with E-state index in [0.717, 1.165) is 5.56 Å². The Morgan fingerprint density at radius 1 is 0.455 bits per heavy atom. The largest absolute Gasteiger partial charge is 0.308 e. The van der Waals surface area contributed by atoms with E-state index in [-0.39, 0.29) is 0 Å². The Bertz CT molecular complexity index is 2490. The summed E-state index contributed by atoms with van der Waals surface area (Å²) in [6, 6.07) is 52.7. The fraction of sp³-hybridized carbons (Fsp3) is 0. The Kier molecular flexibility index (Phi) is 5.71. The average molecular weight is 579 g/mol. The molecule has 0 atom stereocenters. The molecule has 0 amide bonds. The molecule has 3 heterocycles. The molecule has 6 aromatic carbocycles. The van der Waals surface area contributed by atoms with Crippen LogP contribution >= 0.6 is 11.3 Å². The summed E-state index contributed by atoms with van der Waals surface area (Å²) >= 11 is 1.88. The Balaban J connectivity index is 1.35. The van der Waals surface area contributed by atoms with E-state index in [1.54, 1.807) is 0 Å². The van der Waals surface area contributed by atoms with Crippen LogP contribution in [0, 0.1) is 0 Å². The molecule has 0 aliphatic heterocycles. The van der Waals surface area contributed by atoms with E-state index in [0.29, 0.717) is 0 Å². The lowest BCUT2D eigenvalue weighted by Crippen LogP contribution is -1.94. The SMILES string of the molecule is c1ccc(-c2ccc3c4cc(-c5ccncc5-c5ccccc5)ccc4n(-c4cccc5c4sc4ccccc45)c3c2)cc1. The van der Waals surface area contributed by atoms with Crippen LogP contribution in [0.25, 0.3) is 81.0 Å². The maximum atomic E-state index is 4.49. The topological polar surface area (TPSA) is 17.8 Å². The smallest absolute Gasteiger partial charge is 0.0640 e. The number of hydrogen-bond acceptors (Lipinski definition) is 2. The van der Waals surface area contributed by atoms with Gasteiger partial charge in [-0.15, -0.1) is 11.3 Å². The van der Waals surface area contributed by atoms with Crippen molar-refractivity contribution in [2.24, 2.45) is 0 Å². The minimum atomic E-state index is 1.14. The molecule has 0 aliphatic rings. The second kappa shape index (κ2) is 10.0. The maximum Gasteiger partial charge on any atom is 0.0640 e. The van der Waals surface area contributed by atoms with Gasteiger partial charge in [0.15, 0.2) is 0 Å².